The van der Waals surface area contributed by atoms with Crippen molar-refractivity contribution in [2.45, 2.75) is 24.0 Å². The molecule has 0 bridgehead atoms. The maximum atomic E-state index is 13.4. The molecule has 1 aliphatic rings. The van der Waals surface area contributed by atoms with Crippen molar-refractivity contribution in [2.75, 3.05) is 6.54 Å². The molecule has 0 saturated heterocycles. The molecule has 0 amide bonds. The number of hydrogen-bond acceptors (Lipinski definition) is 7. The molecular formula is C20H20ClN5O3S2. The number of thioether (sulfide) groups is 1. The summed E-state index contributed by atoms with van der Waals surface area (Å²) in [5.41, 5.74) is 8.38. The van der Waals surface area contributed by atoms with Crippen LogP contribution in [0, 0.1) is 6.92 Å². The number of hydrogen-bond donors (Lipinski definition) is 1. The summed E-state index contributed by atoms with van der Waals surface area (Å²) in [5, 5.41) is 3.27. The van der Waals surface area contributed by atoms with Gasteiger partial charge in [0.2, 0.25) is 0 Å². The Morgan fingerprint density at radius 3 is 2.68 bits per heavy atom. The van der Waals surface area contributed by atoms with Crippen molar-refractivity contribution in [1.29, 1.82) is 0 Å². The number of nitrogens with two attached hydrogens (primary N) is 1. The number of rotatable bonds is 3. The summed E-state index contributed by atoms with van der Waals surface area (Å²) in [4.78, 5) is 30.9. The van der Waals surface area contributed by atoms with Crippen LogP contribution in [0.25, 0.3) is 21.6 Å². The zero-order valence-corrected chi connectivity index (χ0v) is 19.5. The lowest BCUT2D eigenvalue weighted by atomic mass is 10.2. The van der Waals surface area contributed by atoms with Crippen molar-refractivity contribution in [3.05, 3.63) is 60.7 Å². The van der Waals surface area contributed by atoms with Crippen molar-refractivity contribution in [1.82, 2.24) is 18.7 Å². The maximum absolute atomic E-state index is 13.4. The normalized spacial score (nSPS) is 18.6. The lowest BCUT2D eigenvalue weighted by Crippen LogP contribution is -2.37. The Morgan fingerprint density at radius 1 is 1.29 bits per heavy atom. The van der Waals surface area contributed by atoms with Crippen LogP contribution in [-0.4, -0.2) is 30.5 Å². The minimum atomic E-state index is -0.380. The second-order valence-corrected chi connectivity index (χ2v) is 10.2. The van der Waals surface area contributed by atoms with Gasteiger partial charge < -0.3 is 14.7 Å². The van der Waals surface area contributed by atoms with Crippen LogP contribution in [0.15, 0.2) is 31.5 Å². The molecule has 0 fully saturated rings. The molecular weight excluding hydrogens is 458 g/mol. The first-order valence-corrected chi connectivity index (χ1v) is 11.9. The van der Waals surface area contributed by atoms with E-state index in [9.17, 15) is 9.59 Å². The SMILES string of the molecule is Cc1csc(-c2c3c(=O)n(C)c(=O)n(C)c3c3n2C[C@@H](CN)S[C@H]3c2ccc(Cl)o2)n1. The molecule has 0 unspecified atom stereocenters. The Hall–Kier alpha value is -2.27. The maximum Gasteiger partial charge on any atom is 0.331 e. The van der Waals surface area contributed by atoms with E-state index < -0.39 is 0 Å². The summed E-state index contributed by atoms with van der Waals surface area (Å²) >= 11 is 9.21. The molecule has 0 saturated carbocycles. The molecule has 2 N–H and O–H groups in total. The minimum absolute atomic E-state index is 0.0869. The van der Waals surface area contributed by atoms with Crippen LogP contribution in [0.1, 0.15) is 22.4 Å². The number of fused-ring (bicyclic) bond motifs is 3. The minimum Gasteiger partial charge on any atom is -0.448 e. The van der Waals surface area contributed by atoms with Crippen LogP contribution in [0.4, 0.5) is 0 Å². The number of halogens is 1. The Labute approximate surface area is 190 Å². The third-order valence-corrected chi connectivity index (χ3v) is 8.23. The highest BCUT2D eigenvalue weighted by atomic mass is 35.5. The molecule has 11 heteroatoms. The first-order valence-electron chi connectivity index (χ1n) is 9.67. The Balaban J connectivity index is 1.96. The van der Waals surface area contributed by atoms with Gasteiger partial charge >= 0.3 is 5.69 Å². The lowest BCUT2D eigenvalue weighted by molar-refractivity contribution is 0.505. The number of thiazole rings is 1. The highest BCUT2D eigenvalue weighted by Gasteiger charge is 2.37. The molecule has 4 aromatic rings. The number of aryl methyl sites for hydroxylation is 2. The second-order valence-electron chi connectivity index (χ2n) is 7.58. The predicted molar refractivity (Wildman–Crippen MR) is 124 cm³/mol. The van der Waals surface area contributed by atoms with Crippen molar-refractivity contribution in [2.24, 2.45) is 19.8 Å². The van der Waals surface area contributed by atoms with Gasteiger partial charge in [-0.15, -0.1) is 23.1 Å². The van der Waals surface area contributed by atoms with E-state index >= 15 is 0 Å². The Bertz CT molecular complexity index is 1440. The topological polar surface area (TPSA) is 101 Å². The van der Waals surface area contributed by atoms with Crippen molar-refractivity contribution >= 4 is 45.6 Å². The van der Waals surface area contributed by atoms with E-state index in [1.807, 2.05) is 18.4 Å². The summed E-state index contributed by atoms with van der Waals surface area (Å²) in [6.07, 6.45) is 0. The molecule has 0 aromatic carbocycles. The largest absolute Gasteiger partial charge is 0.448 e. The predicted octanol–water partition coefficient (Wildman–Crippen LogP) is 2.88. The van der Waals surface area contributed by atoms with Gasteiger partial charge in [-0.05, 0) is 30.7 Å². The van der Waals surface area contributed by atoms with Crippen molar-refractivity contribution in [3.63, 3.8) is 0 Å². The molecule has 8 nitrogen and oxygen atoms in total. The number of furan rings is 1. The molecule has 0 spiro atoms. The number of nitrogens with zero attached hydrogens (tertiary/aromatic N) is 4. The quantitative estimate of drug-likeness (QED) is 0.487. The van der Waals surface area contributed by atoms with E-state index in [-0.39, 0.29) is 27.0 Å². The van der Waals surface area contributed by atoms with Crippen LogP contribution in [0.5, 0.6) is 0 Å². The van der Waals surface area contributed by atoms with Crippen LogP contribution in [-0.2, 0) is 20.6 Å². The van der Waals surface area contributed by atoms with Crippen LogP contribution >= 0.6 is 34.7 Å². The Kier molecular flexibility index (Phi) is 4.93. The molecule has 0 aliphatic carbocycles. The molecule has 31 heavy (non-hydrogen) atoms. The standard InChI is InChI=1S/C20H20ClN5O3S2/c1-9-8-30-18(23-9)15-13-14(24(2)20(28)25(3)19(13)27)16-17(11-4-5-12(21)29-11)31-10(6-22)7-26(15)16/h4-5,8,10,17H,6-7,22H2,1-3H3/t10-,17+/m1/s1. The van der Waals surface area contributed by atoms with Gasteiger partial charge in [0.1, 0.15) is 16.0 Å². The highest BCUT2D eigenvalue weighted by Crippen LogP contribution is 2.49. The molecule has 4 aromatic heterocycles. The average Bonchev–Trinajstić information content (AvgIpc) is 3.46. The first-order chi connectivity index (χ1) is 14.8. The first kappa shape index (κ1) is 20.6. The van der Waals surface area contributed by atoms with Crippen molar-refractivity contribution < 1.29 is 4.42 Å². The summed E-state index contributed by atoms with van der Waals surface area (Å²) in [6.45, 7) is 2.97. The van der Waals surface area contributed by atoms with Gasteiger partial charge in [-0.2, -0.15) is 0 Å². The van der Waals surface area contributed by atoms with Crippen LogP contribution < -0.4 is 17.0 Å². The van der Waals surface area contributed by atoms with Gasteiger partial charge in [0.15, 0.2) is 5.22 Å². The molecule has 2 atom stereocenters. The summed E-state index contributed by atoms with van der Waals surface area (Å²) in [5.74, 6) is 0.656. The fraction of sp³-hybridized carbons (Fsp3) is 0.350. The molecule has 162 valence electrons. The summed E-state index contributed by atoms with van der Waals surface area (Å²) in [6, 6.07) is 3.52. The van der Waals surface area contributed by atoms with E-state index in [0.717, 1.165) is 26.7 Å². The lowest BCUT2D eigenvalue weighted by Gasteiger charge is -2.30. The van der Waals surface area contributed by atoms with Crippen molar-refractivity contribution in [3.8, 4) is 10.7 Å². The Morgan fingerprint density at radius 2 is 2.06 bits per heavy atom. The van der Waals surface area contributed by atoms with Gasteiger partial charge in [0, 0.05) is 43.5 Å². The van der Waals surface area contributed by atoms with E-state index in [1.54, 1.807) is 24.9 Å². The smallest absolute Gasteiger partial charge is 0.331 e. The fourth-order valence-corrected chi connectivity index (χ4v) is 6.55. The van der Waals surface area contributed by atoms with Gasteiger partial charge in [-0.1, -0.05) is 0 Å². The van der Waals surface area contributed by atoms with E-state index in [0.29, 0.717) is 29.8 Å². The van der Waals surface area contributed by atoms with Crippen LogP contribution in [0.3, 0.4) is 0 Å². The van der Waals surface area contributed by atoms with E-state index in [2.05, 4.69) is 9.55 Å². The summed E-state index contributed by atoms with van der Waals surface area (Å²) in [7, 11) is 3.19. The molecule has 1 aliphatic heterocycles. The highest BCUT2D eigenvalue weighted by molar-refractivity contribution is 8.00. The van der Waals surface area contributed by atoms with Gasteiger partial charge in [0.25, 0.3) is 5.56 Å². The third-order valence-electron chi connectivity index (χ3n) is 5.60. The monoisotopic (exact) mass is 477 g/mol. The van der Waals surface area contributed by atoms with E-state index in [4.69, 9.17) is 21.8 Å². The zero-order chi connectivity index (χ0) is 22.0. The average molecular weight is 478 g/mol. The number of aromatic nitrogens is 4. The van der Waals surface area contributed by atoms with Gasteiger partial charge in [-0.3, -0.25) is 13.9 Å². The van der Waals surface area contributed by atoms with Crippen LogP contribution in [0.2, 0.25) is 5.22 Å². The van der Waals surface area contributed by atoms with Gasteiger partial charge in [-0.25, -0.2) is 9.78 Å². The third kappa shape index (κ3) is 3.04. The van der Waals surface area contributed by atoms with E-state index in [1.165, 1.54) is 23.0 Å². The summed E-state index contributed by atoms with van der Waals surface area (Å²) < 4.78 is 10.5. The van der Waals surface area contributed by atoms with Gasteiger partial charge in [0.05, 0.1) is 22.3 Å². The molecule has 5 rings (SSSR count). The zero-order valence-electron chi connectivity index (χ0n) is 17.1. The second kappa shape index (κ2) is 7.40. The fourth-order valence-electron chi connectivity index (χ4n) is 4.19. The molecule has 0 radical (unpaired) electrons. The molecule has 5 heterocycles.